The Morgan fingerprint density at radius 3 is 2.55 bits per heavy atom. The second-order valence-electron chi connectivity index (χ2n) is 6.39. The normalized spacial score (nSPS) is 26.1. The lowest BCUT2D eigenvalue weighted by atomic mass is 10.1. The first-order valence-corrected chi connectivity index (χ1v) is 8.30. The van der Waals surface area contributed by atoms with Crippen LogP contribution in [-0.4, -0.2) is 54.2 Å². The minimum Gasteiger partial charge on any atom is -0.372 e. The number of morpholine rings is 1. The van der Waals surface area contributed by atoms with Gasteiger partial charge in [-0.3, -0.25) is 4.79 Å². The second-order valence-corrected chi connectivity index (χ2v) is 6.39. The standard InChI is InChI=1S/C17H25N3O2/c1-13-11-20(12-14(2)22-13)17(21)15-7-6-8-18-16(15)19-9-4-3-5-10-19/h6-8,13-14H,3-5,9-12H2,1-2H3/t13-,14-/m0/s1. The molecule has 120 valence electrons. The van der Waals surface area contributed by atoms with Crippen LogP contribution in [0.3, 0.4) is 0 Å². The third kappa shape index (κ3) is 3.24. The molecule has 0 aliphatic carbocycles. The van der Waals surface area contributed by atoms with Crippen molar-refractivity contribution in [3.8, 4) is 0 Å². The molecule has 2 atom stereocenters. The number of hydrogen-bond donors (Lipinski definition) is 0. The Morgan fingerprint density at radius 1 is 1.18 bits per heavy atom. The number of piperidine rings is 1. The molecular weight excluding hydrogens is 278 g/mol. The highest BCUT2D eigenvalue weighted by atomic mass is 16.5. The lowest BCUT2D eigenvalue weighted by Crippen LogP contribution is -2.48. The van der Waals surface area contributed by atoms with E-state index in [0.29, 0.717) is 13.1 Å². The first kappa shape index (κ1) is 15.3. The predicted octanol–water partition coefficient (Wildman–Crippen LogP) is 2.32. The molecule has 0 spiro atoms. The monoisotopic (exact) mass is 303 g/mol. The molecule has 2 fully saturated rings. The lowest BCUT2D eigenvalue weighted by molar-refractivity contribution is -0.0586. The molecule has 3 rings (SSSR count). The minimum atomic E-state index is 0.0793. The average molecular weight is 303 g/mol. The third-order valence-electron chi connectivity index (χ3n) is 4.38. The molecule has 22 heavy (non-hydrogen) atoms. The Kier molecular flexibility index (Phi) is 4.62. The summed E-state index contributed by atoms with van der Waals surface area (Å²) in [6.07, 6.45) is 5.58. The van der Waals surface area contributed by atoms with Gasteiger partial charge in [0.2, 0.25) is 0 Å². The summed E-state index contributed by atoms with van der Waals surface area (Å²) in [6.45, 7) is 7.32. The van der Waals surface area contributed by atoms with Gasteiger partial charge in [0.25, 0.3) is 5.91 Å². The molecule has 0 unspecified atom stereocenters. The number of pyridine rings is 1. The van der Waals surface area contributed by atoms with E-state index in [-0.39, 0.29) is 18.1 Å². The van der Waals surface area contributed by atoms with Gasteiger partial charge in [-0.15, -0.1) is 0 Å². The van der Waals surface area contributed by atoms with E-state index in [4.69, 9.17) is 4.74 Å². The van der Waals surface area contributed by atoms with E-state index in [1.807, 2.05) is 30.9 Å². The van der Waals surface area contributed by atoms with Gasteiger partial charge in [0.15, 0.2) is 0 Å². The van der Waals surface area contributed by atoms with E-state index in [0.717, 1.165) is 24.5 Å². The van der Waals surface area contributed by atoms with Crippen LogP contribution in [0.15, 0.2) is 18.3 Å². The maximum absolute atomic E-state index is 13.0. The Bertz CT molecular complexity index is 518. The number of carbonyl (C=O) groups excluding carboxylic acids is 1. The zero-order valence-corrected chi connectivity index (χ0v) is 13.5. The van der Waals surface area contributed by atoms with E-state index in [9.17, 15) is 4.79 Å². The molecule has 0 aromatic carbocycles. The summed E-state index contributed by atoms with van der Waals surface area (Å²) < 4.78 is 5.73. The third-order valence-corrected chi connectivity index (χ3v) is 4.38. The fraction of sp³-hybridized carbons (Fsp3) is 0.647. The van der Waals surface area contributed by atoms with E-state index >= 15 is 0 Å². The van der Waals surface area contributed by atoms with Gasteiger partial charge in [0.05, 0.1) is 17.8 Å². The molecule has 3 heterocycles. The number of ether oxygens (including phenoxy) is 1. The molecule has 5 nitrogen and oxygen atoms in total. The average Bonchev–Trinajstić information content (AvgIpc) is 2.54. The molecule has 1 aromatic heterocycles. The number of anilines is 1. The number of nitrogens with zero attached hydrogens (tertiary/aromatic N) is 3. The van der Waals surface area contributed by atoms with E-state index in [1.54, 1.807) is 6.20 Å². The van der Waals surface area contributed by atoms with Gasteiger partial charge in [0.1, 0.15) is 5.82 Å². The van der Waals surface area contributed by atoms with Crippen molar-refractivity contribution in [2.75, 3.05) is 31.1 Å². The molecule has 0 saturated carbocycles. The molecule has 1 amide bonds. The Balaban J connectivity index is 1.82. The maximum atomic E-state index is 13.0. The van der Waals surface area contributed by atoms with Crippen LogP contribution in [0.25, 0.3) is 0 Å². The van der Waals surface area contributed by atoms with E-state index in [2.05, 4.69) is 9.88 Å². The van der Waals surface area contributed by atoms with Gasteiger partial charge in [0, 0.05) is 32.4 Å². The van der Waals surface area contributed by atoms with Crippen molar-refractivity contribution in [3.05, 3.63) is 23.9 Å². The van der Waals surface area contributed by atoms with E-state index in [1.165, 1.54) is 19.3 Å². The minimum absolute atomic E-state index is 0.0793. The molecule has 1 aromatic rings. The fourth-order valence-corrected chi connectivity index (χ4v) is 3.44. The zero-order chi connectivity index (χ0) is 15.5. The molecule has 5 heteroatoms. The summed E-state index contributed by atoms with van der Waals surface area (Å²) in [6, 6.07) is 3.76. The van der Waals surface area contributed by atoms with Crippen LogP contribution in [0.1, 0.15) is 43.5 Å². The predicted molar refractivity (Wildman–Crippen MR) is 86.2 cm³/mol. The smallest absolute Gasteiger partial charge is 0.257 e. The lowest BCUT2D eigenvalue weighted by Gasteiger charge is -2.36. The molecule has 0 bridgehead atoms. The summed E-state index contributed by atoms with van der Waals surface area (Å²) in [5.41, 5.74) is 0.728. The van der Waals surface area contributed by atoms with Crippen LogP contribution in [0, 0.1) is 0 Å². The van der Waals surface area contributed by atoms with Crippen molar-refractivity contribution in [2.24, 2.45) is 0 Å². The molecule has 2 aliphatic heterocycles. The van der Waals surface area contributed by atoms with Gasteiger partial charge in [-0.05, 0) is 45.2 Å². The number of aromatic nitrogens is 1. The Hall–Kier alpha value is -1.62. The van der Waals surface area contributed by atoms with Crippen LogP contribution in [0.5, 0.6) is 0 Å². The highest BCUT2D eigenvalue weighted by Gasteiger charge is 2.29. The summed E-state index contributed by atoms with van der Waals surface area (Å²) in [5, 5.41) is 0. The summed E-state index contributed by atoms with van der Waals surface area (Å²) >= 11 is 0. The Morgan fingerprint density at radius 2 is 1.86 bits per heavy atom. The van der Waals surface area contributed by atoms with Gasteiger partial charge in [-0.25, -0.2) is 4.98 Å². The summed E-state index contributed by atoms with van der Waals surface area (Å²) in [4.78, 5) is 21.6. The van der Waals surface area contributed by atoms with Crippen LogP contribution in [0.4, 0.5) is 5.82 Å². The van der Waals surface area contributed by atoms with Crippen molar-refractivity contribution in [1.29, 1.82) is 0 Å². The van der Waals surface area contributed by atoms with Gasteiger partial charge in [-0.2, -0.15) is 0 Å². The van der Waals surface area contributed by atoms with Crippen molar-refractivity contribution < 1.29 is 9.53 Å². The Labute approximate surface area is 132 Å². The van der Waals surface area contributed by atoms with Crippen molar-refractivity contribution in [2.45, 2.75) is 45.3 Å². The largest absolute Gasteiger partial charge is 0.372 e. The summed E-state index contributed by atoms with van der Waals surface area (Å²) in [7, 11) is 0. The zero-order valence-electron chi connectivity index (χ0n) is 13.5. The first-order chi connectivity index (χ1) is 10.6. The highest BCUT2D eigenvalue weighted by molar-refractivity contribution is 5.99. The van der Waals surface area contributed by atoms with Crippen LogP contribution in [-0.2, 0) is 4.74 Å². The van der Waals surface area contributed by atoms with Crippen molar-refractivity contribution in [1.82, 2.24) is 9.88 Å². The number of hydrogen-bond acceptors (Lipinski definition) is 4. The van der Waals surface area contributed by atoms with Crippen LogP contribution >= 0.6 is 0 Å². The molecule has 0 N–H and O–H groups in total. The van der Waals surface area contributed by atoms with Crippen LogP contribution in [0.2, 0.25) is 0 Å². The number of amides is 1. The quantitative estimate of drug-likeness (QED) is 0.841. The second kappa shape index (κ2) is 6.65. The molecule has 0 radical (unpaired) electrons. The van der Waals surface area contributed by atoms with Crippen LogP contribution < -0.4 is 4.90 Å². The van der Waals surface area contributed by atoms with Crippen molar-refractivity contribution in [3.63, 3.8) is 0 Å². The SMILES string of the molecule is C[C@H]1CN(C(=O)c2cccnc2N2CCCCC2)C[C@H](C)O1. The van der Waals surface area contributed by atoms with E-state index < -0.39 is 0 Å². The van der Waals surface area contributed by atoms with Gasteiger partial charge in [-0.1, -0.05) is 0 Å². The van der Waals surface area contributed by atoms with Gasteiger partial charge >= 0.3 is 0 Å². The molecule has 2 saturated heterocycles. The number of carbonyl (C=O) groups is 1. The maximum Gasteiger partial charge on any atom is 0.257 e. The number of rotatable bonds is 2. The highest BCUT2D eigenvalue weighted by Crippen LogP contribution is 2.24. The first-order valence-electron chi connectivity index (χ1n) is 8.30. The fourth-order valence-electron chi connectivity index (χ4n) is 3.44. The topological polar surface area (TPSA) is 45.7 Å². The summed E-state index contributed by atoms with van der Waals surface area (Å²) in [5.74, 6) is 0.926. The van der Waals surface area contributed by atoms with Gasteiger partial charge < -0.3 is 14.5 Å². The van der Waals surface area contributed by atoms with Crippen molar-refractivity contribution >= 4 is 11.7 Å². The molecule has 2 aliphatic rings. The molecular formula is C17H25N3O2.